The lowest BCUT2D eigenvalue weighted by Gasteiger charge is -2.27. The van der Waals surface area contributed by atoms with Gasteiger partial charge in [0, 0.05) is 13.1 Å². The molecule has 0 spiro atoms. The molecule has 1 saturated heterocycles. The van der Waals surface area contributed by atoms with E-state index in [1.807, 2.05) is 6.92 Å². The molecule has 5 nitrogen and oxygen atoms in total. The maximum atomic E-state index is 11.9. The van der Waals surface area contributed by atoms with Crippen molar-refractivity contribution in [1.29, 1.82) is 0 Å². The predicted octanol–water partition coefficient (Wildman–Crippen LogP) is -0.127. The average Bonchev–Trinajstić information content (AvgIpc) is 2.29. The number of hydrogen-bond acceptors (Lipinski definition) is 3. The highest BCUT2D eigenvalue weighted by Gasteiger charge is 2.26. The summed E-state index contributed by atoms with van der Waals surface area (Å²) in [5.41, 5.74) is 0. The zero-order valence-corrected chi connectivity index (χ0v) is 10.9. The van der Waals surface area contributed by atoms with Crippen molar-refractivity contribution < 1.29 is 9.59 Å². The molecule has 3 unspecified atom stereocenters. The van der Waals surface area contributed by atoms with Gasteiger partial charge in [-0.05, 0) is 32.7 Å². The standard InChI is InChI=1S/C12H23N3O2/c1-4-14-11(16)9(3)15-12(17)10-5-8(2)6-13-7-10/h8-10,13H,4-7H2,1-3H3,(H,14,16)(H,15,17). The van der Waals surface area contributed by atoms with Crippen molar-refractivity contribution in [1.82, 2.24) is 16.0 Å². The summed E-state index contributed by atoms with van der Waals surface area (Å²) in [6, 6.07) is -0.459. The fourth-order valence-electron chi connectivity index (χ4n) is 2.08. The molecule has 5 heteroatoms. The number of nitrogens with one attached hydrogen (secondary N) is 3. The lowest BCUT2D eigenvalue weighted by molar-refractivity contribution is -0.131. The highest BCUT2D eigenvalue weighted by Crippen LogP contribution is 2.15. The smallest absolute Gasteiger partial charge is 0.242 e. The van der Waals surface area contributed by atoms with Gasteiger partial charge in [-0.25, -0.2) is 0 Å². The van der Waals surface area contributed by atoms with Gasteiger partial charge < -0.3 is 16.0 Å². The van der Waals surface area contributed by atoms with Gasteiger partial charge in [0.2, 0.25) is 11.8 Å². The van der Waals surface area contributed by atoms with Crippen molar-refractivity contribution in [2.45, 2.75) is 33.2 Å². The Kier molecular flexibility index (Phi) is 5.41. The van der Waals surface area contributed by atoms with Crippen molar-refractivity contribution in [2.75, 3.05) is 19.6 Å². The van der Waals surface area contributed by atoms with Crippen molar-refractivity contribution in [3.63, 3.8) is 0 Å². The molecule has 0 saturated carbocycles. The average molecular weight is 241 g/mol. The molecule has 3 N–H and O–H groups in total. The SMILES string of the molecule is CCNC(=O)C(C)NC(=O)C1CNCC(C)C1. The quantitative estimate of drug-likeness (QED) is 0.642. The highest BCUT2D eigenvalue weighted by molar-refractivity contribution is 5.88. The normalized spacial score (nSPS) is 26.1. The van der Waals surface area contributed by atoms with Crippen LogP contribution in [-0.2, 0) is 9.59 Å². The number of carbonyl (C=O) groups excluding carboxylic acids is 2. The first-order valence-electron chi connectivity index (χ1n) is 6.33. The van der Waals surface area contributed by atoms with Crippen LogP contribution in [0.5, 0.6) is 0 Å². The third-order valence-electron chi connectivity index (χ3n) is 3.04. The van der Waals surface area contributed by atoms with Crippen molar-refractivity contribution in [2.24, 2.45) is 11.8 Å². The summed E-state index contributed by atoms with van der Waals surface area (Å²) in [4.78, 5) is 23.4. The van der Waals surface area contributed by atoms with Crippen LogP contribution < -0.4 is 16.0 Å². The number of likely N-dealkylation sites (N-methyl/N-ethyl adjacent to an activating group) is 1. The van der Waals surface area contributed by atoms with Gasteiger partial charge in [-0.15, -0.1) is 0 Å². The molecule has 3 atom stereocenters. The van der Waals surface area contributed by atoms with E-state index in [4.69, 9.17) is 0 Å². The van der Waals surface area contributed by atoms with Crippen LogP contribution in [0.3, 0.4) is 0 Å². The molecule has 0 aromatic rings. The first kappa shape index (κ1) is 14.0. The Labute approximate surface area is 103 Å². The molecule has 2 amide bonds. The second-order valence-electron chi connectivity index (χ2n) is 4.82. The molecule has 17 heavy (non-hydrogen) atoms. The lowest BCUT2D eigenvalue weighted by Crippen LogP contribution is -2.50. The first-order chi connectivity index (χ1) is 8.04. The van der Waals surface area contributed by atoms with Crippen LogP contribution in [0.25, 0.3) is 0 Å². The summed E-state index contributed by atoms with van der Waals surface area (Å²) in [6.45, 7) is 7.95. The van der Waals surface area contributed by atoms with Crippen LogP contribution >= 0.6 is 0 Å². The Morgan fingerprint density at radius 1 is 1.41 bits per heavy atom. The van der Waals surface area contributed by atoms with E-state index < -0.39 is 6.04 Å². The third-order valence-corrected chi connectivity index (χ3v) is 3.04. The zero-order valence-electron chi connectivity index (χ0n) is 10.9. The van der Waals surface area contributed by atoms with E-state index in [1.165, 1.54) is 0 Å². The molecule has 1 aliphatic heterocycles. The Morgan fingerprint density at radius 3 is 2.71 bits per heavy atom. The van der Waals surface area contributed by atoms with Crippen LogP contribution in [0.4, 0.5) is 0 Å². The highest BCUT2D eigenvalue weighted by atomic mass is 16.2. The van der Waals surface area contributed by atoms with Crippen molar-refractivity contribution >= 4 is 11.8 Å². The van der Waals surface area contributed by atoms with E-state index in [2.05, 4.69) is 22.9 Å². The van der Waals surface area contributed by atoms with Gasteiger partial charge in [0.15, 0.2) is 0 Å². The minimum absolute atomic E-state index is 0.0179. The van der Waals surface area contributed by atoms with Crippen LogP contribution in [0, 0.1) is 11.8 Å². The van der Waals surface area contributed by atoms with E-state index in [0.717, 1.165) is 13.0 Å². The fourth-order valence-corrected chi connectivity index (χ4v) is 2.08. The van der Waals surface area contributed by atoms with E-state index in [9.17, 15) is 9.59 Å². The number of hydrogen-bond donors (Lipinski definition) is 3. The van der Waals surface area contributed by atoms with E-state index in [1.54, 1.807) is 6.92 Å². The van der Waals surface area contributed by atoms with E-state index in [0.29, 0.717) is 19.0 Å². The zero-order chi connectivity index (χ0) is 12.8. The second-order valence-corrected chi connectivity index (χ2v) is 4.82. The van der Waals surface area contributed by atoms with Crippen LogP contribution in [0.1, 0.15) is 27.2 Å². The second kappa shape index (κ2) is 6.59. The summed E-state index contributed by atoms with van der Waals surface area (Å²) >= 11 is 0. The maximum absolute atomic E-state index is 11.9. The number of amides is 2. The van der Waals surface area contributed by atoms with Gasteiger partial charge in [-0.3, -0.25) is 9.59 Å². The monoisotopic (exact) mass is 241 g/mol. The third kappa shape index (κ3) is 4.34. The van der Waals surface area contributed by atoms with Crippen LogP contribution in [-0.4, -0.2) is 37.5 Å². The first-order valence-corrected chi connectivity index (χ1v) is 6.33. The van der Waals surface area contributed by atoms with Crippen molar-refractivity contribution in [3.8, 4) is 0 Å². The van der Waals surface area contributed by atoms with E-state index >= 15 is 0 Å². The molecule has 1 aliphatic rings. The van der Waals surface area contributed by atoms with Gasteiger partial charge in [-0.2, -0.15) is 0 Å². The Hall–Kier alpha value is -1.10. The largest absolute Gasteiger partial charge is 0.355 e. The Balaban J connectivity index is 2.40. The van der Waals surface area contributed by atoms with Crippen molar-refractivity contribution in [3.05, 3.63) is 0 Å². The molecule has 1 heterocycles. The minimum atomic E-state index is -0.459. The molecular weight excluding hydrogens is 218 g/mol. The number of carbonyl (C=O) groups is 2. The molecule has 0 aliphatic carbocycles. The summed E-state index contributed by atoms with van der Waals surface area (Å²) in [6.07, 6.45) is 0.890. The Morgan fingerprint density at radius 2 is 2.12 bits per heavy atom. The van der Waals surface area contributed by atoms with Crippen LogP contribution in [0.2, 0.25) is 0 Å². The van der Waals surface area contributed by atoms with Gasteiger partial charge in [0.1, 0.15) is 6.04 Å². The number of piperidine rings is 1. The summed E-state index contributed by atoms with van der Waals surface area (Å²) in [7, 11) is 0. The van der Waals surface area contributed by atoms with Gasteiger partial charge in [0.25, 0.3) is 0 Å². The maximum Gasteiger partial charge on any atom is 0.242 e. The summed E-state index contributed by atoms with van der Waals surface area (Å²) in [5, 5.41) is 8.69. The van der Waals surface area contributed by atoms with Gasteiger partial charge in [-0.1, -0.05) is 6.92 Å². The molecule has 0 radical (unpaired) electrons. The lowest BCUT2D eigenvalue weighted by atomic mass is 9.91. The van der Waals surface area contributed by atoms with Gasteiger partial charge >= 0.3 is 0 Å². The molecule has 1 fully saturated rings. The molecule has 0 aromatic carbocycles. The minimum Gasteiger partial charge on any atom is -0.355 e. The molecule has 0 bridgehead atoms. The molecule has 1 rings (SSSR count). The summed E-state index contributed by atoms with van der Waals surface area (Å²) in [5.74, 6) is 0.343. The molecule has 0 aromatic heterocycles. The molecule has 98 valence electrons. The fraction of sp³-hybridized carbons (Fsp3) is 0.833. The van der Waals surface area contributed by atoms with Crippen LogP contribution in [0.15, 0.2) is 0 Å². The van der Waals surface area contributed by atoms with Gasteiger partial charge in [0.05, 0.1) is 5.92 Å². The number of rotatable bonds is 4. The van der Waals surface area contributed by atoms with E-state index in [-0.39, 0.29) is 17.7 Å². The predicted molar refractivity (Wildman–Crippen MR) is 66.4 cm³/mol. The summed E-state index contributed by atoms with van der Waals surface area (Å²) < 4.78 is 0. The topological polar surface area (TPSA) is 70.2 Å². The molecular formula is C12H23N3O2. The Bertz CT molecular complexity index is 281.